The molecule has 4 nitrogen and oxygen atoms in total. The molecule has 2 rings (SSSR count). The second kappa shape index (κ2) is 6.35. The molecule has 0 radical (unpaired) electrons. The number of carbonyl (C=O) groups is 1. The Hall–Kier alpha value is -2.43. The van der Waals surface area contributed by atoms with Crippen molar-refractivity contribution in [1.82, 2.24) is 4.98 Å². The van der Waals surface area contributed by atoms with E-state index >= 15 is 0 Å². The lowest BCUT2D eigenvalue weighted by molar-refractivity contribution is 0.102. The van der Waals surface area contributed by atoms with E-state index in [2.05, 4.69) is 15.6 Å². The van der Waals surface area contributed by atoms with E-state index in [-0.39, 0.29) is 11.7 Å². The monoisotopic (exact) mass is 287 g/mol. The standard InChI is InChI=1S/C16H18FN3O/c1-4-18-15-9-12(8-11(3)19-15)16(21)20-14-6-5-13(17)7-10(14)2/h5-9H,4H2,1-3H3,(H,18,19)(H,20,21). The molecule has 2 aromatic rings. The molecule has 0 unspecified atom stereocenters. The summed E-state index contributed by atoms with van der Waals surface area (Å²) in [6.07, 6.45) is 0. The van der Waals surface area contributed by atoms with E-state index in [4.69, 9.17) is 0 Å². The normalized spacial score (nSPS) is 10.3. The Kier molecular flexibility index (Phi) is 4.52. The van der Waals surface area contributed by atoms with Crippen LogP contribution < -0.4 is 10.6 Å². The number of carbonyl (C=O) groups excluding carboxylic acids is 1. The Labute approximate surface area is 123 Å². The third-order valence-corrected chi connectivity index (χ3v) is 3.01. The smallest absolute Gasteiger partial charge is 0.255 e. The van der Waals surface area contributed by atoms with Crippen LogP contribution in [0.2, 0.25) is 0 Å². The molecule has 0 fully saturated rings. The summed E-state index contributed by atoms with van der Waals surface area (Å²) in [7, 11) is 0. The van der Waals surface area contributed by atoms with Crippen molar-refractivity contribution >= 4 is 17.4 Å². The summed E-state index contributed by atoms with van der Waals surface area (Å²) in [6, 6.07) is 7.68. The first-order valence-corrected chi connectivity index (χ1v) is 6.79. The summed E-state index contributed by atoms with van der Waals surface area (Å²) in [5.41, 5.74) is 2.55. The molecule has 1 aromatic heterocycles. The number of aryl methyl sites for hydroxylation is 2. The minimum absolute atomic E-state index is 0.241. The van der Waals surface area contributed by atoms with Crippen LogP contribution in [0.1, 0.15) is 28.5 Å². The summed E-state index contributed by atoms with van der Waals surface area (Å²) in [5.74, 6) is 0.104. The van der Waals surface area contributed by atoms with Crippen LogP contribution in [0, 0.1) is 19.7 Å². The number of nitrogens with one attached hydrogen (secondary N) is 2. The van der Waals surface area contributed by atoms with Gasteiger partial charge >= 0.3 is 0 Å². The van der Waals surface area contributed by atoms with Crippen molar-refractivity contribution in [3.63, 3.8) is 0 Å². The molecule has 5 heteroatoms. The number of nitrogens with zero attached hydrogens (tertiary/aromatic N) is 1. The van der Waals surface area contributed by atoms with Gasteiger partial charge in [-0.05, 0) is 56.7 Å². The van der Waals surface area contributed by atoms with Gasteiger partial charge in [-0.25, -0.2) is 9.37 Å². The maximum absolute atomic E-state index is 13.1. The summed E-state index contributed by atoms with van der Waals surface area (Å²) in [6.45, 7) is 6.28. The van der Waals surface area contributed by atoms with E-state index < -0.39 is 0 Å². The first kappa shape index (κ1) is 15.0. The minimum Gasteiger partial charge on any atom is -0.370 e. The molecule has 0 saturated heterocycles. The third-order valence-electron chi connectivity index (χ3n) is 3.01. The largest absolute Gasteiger partial charge is 0.370 e. The number of pyridine rings is 1. The SMILES string of the molecule is CCNc1cc(C(=O)Nc2ccc(F)cc2C)cc(C)n1. The quantitative estimate of drug-likeness (QED) is 0.904. The molecule has 0 aliphatic heterocycles. The number of amides is 1. The maximum atomic E-state index is 13.1. The zero-order valence-corrected chi connectivity index (χ0v) is 12.3. The highest BCUT2D eigenvalue weighted by Crippen LogP contribution is 2.18. The predicted molar refractivity (Wildman–Crippen MR) is 82.2 cm³/mol. The van der Waals surface area contributed by atoms with Crippen LogP contribution in [-0.4, -0.2) is 17.4 Å². The Balaban J connectivity index is 2.23. The summed E-state index contributed by atoms with van der Waals surface area (Å²) < 4.78 is 13.1. The van der Waals surface area contributed by atoms with Crippen LogP contribution in [0.4, 0.5) is 15.9 Å². The van der Waals surface area contributed by atoms with Crippen LogP contribution in [0.25, 0.3) is 0 Å². The molecular formula is C16H18FN3O. The average Bonchev–Trinajstić information content (AvgIpc) is 2.41. The first-order valence-electron chi connectivity index (χ1n) is 6.79. The number of benzene rings is 1. The molecule has 110 valence electrons. The zero-order chi connectivity index (χ0) is 15.4. The second-order valence-corrected chi connectivity index (χ2v) is 4.83. The molecular weight excluding hydrogens is 269 g/mol. The number of rotatable bonds is 4. The Morgan fingerprint density at radius 2 is 2.00 bits per heavy atom. The molecule has 1 aromatic carbocycles. The molecule has 0 spiro atoms. The molecule has 1 amide bonds. The lowest BCUT2D eigenvalue weighted by Gasteiger charge is -2.10. The maximum Gasteiger partial charge on any atom is 0.255 e. The Morgan fingerprint density at radius 3 is 2.67 bits per heavy atom. The Bertz CT molecular complexity index is 671. The van der Waals surface area contributed by atoms with Gasteiger partial charge in [0, 0.05) is 23.5 Å². The second-order valence-electron chi connectivity index (χ2n) is 4.83. The fourth-order valence-corrected chi connectivity index (χ4v) is 2.03. The Morgan fingerprint density at radius 1 is 1.24 bits per heavy atom. The van der Waals surface area contributed by atoms with Crippen LogP contribution in [0.3, 0.4) is 0 Å². The van der Waals surface area contributed by atoms with Gasteiger partial charge in [0.1, 0.15) is 11.6 Å². The van der Waals surface area contributed by atoms with E-state index in [1.807, 2.05) is 13.8 Å². The number of halogens is 1. The molecule has 1 heterocycles. The van der Waals surface area contributed by atoms with Crippen molar-refractivity contribution < 1.29 is 9.18 Å². The van der Waals surface area contributed by atoms with Crippen molar-refractivity contribution in [2.24, 2.45) is 0 Å². The highest BCUT2D eigenvalue weighted by atomic mass is 19.1. The molecule has 21 heavy (non-hydrogen) atoms. The lowest BCUT2D eigenvalue weighted by atomic mass is 10.1. The van der Waals surface area contributed by atoms with E-state index in [1.165, 1.54) is 12.1 Å². The number of hydrogen-bond acceptors (Lipinski definition) is 3. The van der Waals surface area contributed by atoms with E-state index in [9.17, 15) is 9.18 Å². The highest BCUT2D eigenvalue weighted by molar-refractivity contribution is 6.05. The van der Waals surface area contributed by atoms with Crippen molar-refractivity contribution in [2.45, 2.75) is 20.8 Å². The minimum atomic E-state index is -0.320. The van der Waals surface area contributed by atoms with Gasteiger partial charge in [0.2, 0.25) is 0 Å². The van der Waals surface area contributed by atoms with Crippen LogP contribution in [0.15, 0.2) is 30.3 Å². The molecule has 0 aliphatic rings. The van der Waals surface area contributed by atoms with Crippen LogP contribution >= 0.6 is 0 Å². The fraction of sp³-hybridized carbons (Fsp3) is 0.250. The number of anilines is 2. The van der Waals surface area contributed by atoms with Crippen molar-refractivity contribution in [3.05, 3.63) is 53.0 Å². The van der Waals surface area contributed by atoms with Gasteiger partial charge in [0.05, 0.1) is 0 Å². The summed E-state index contributed by atoms with van der Waals surface area (Å²) in [5, 5.41) is 5.87. The molecule has 0 saturated carbocycles. The van der Waals surface area contributed by atoms with Crippen molar-refractivity contribution in [1.29, 1.82) is 0 Å². The topological polar surface area (TPSA) is 54.0 Å². The molecule has 2 N–H and O–H groups in total. The van der Waals surface area contributed by atoms with E-state index in [1.54, 1.807) is 25.1 Å². The van der Waals surface area contributed by atoms with Crippen LogP contribution in [-0.2, 0) is 0 Å². The van der Waals surface area contributed by atoms with Gasteiger partial charge < -0.3 is 10.6 Å². The van der Waals surface area contributed by atoms with Gasteiger partial charge in [-0.3, -0.25) is 4.79 Å². The lowest BCUT2D eigenvalue weighted by Crippen LogP contribution is -2.14. The summed E-state index contributed by atoms with van der Waals surface area (Å²) in [4.78, 5) is 16.6. The predicted octanol–water partition coefficient (Wildman–Crippen LogP) is 3.52. The van der Waals surface area contributed by atoms with Gasteiger partial charge in [-0.2, -0.15) is 0 Å². The van der Waals surface area contributed by atoms with Crippen molar-refractivity contribution in [3.8, 4) is 0 Å². The molecule has 0 bridgehead atoms. The van der Waals surface area contributed by atoms with Gasteiger partial charge in [-0.1, -0.05) is 0 Å². The molecule has 0 aliphatic carbocycles. The van der Waals surface area contributed by atoms with Crippen molar-refractivity contribution in [2.75, 3.05) is 17.2 Å². The van der Waals surface area contributed by atoms with Crippen LogP contribution in [0.5, 0.6) is 0 Å². The zero-order valence-electron chi connectivity index (χ0n) is 12.3. The van der Waals surface area contributed by atoms with Gasteiger partial charge in [0.15, 0.2) is 0 Å². The first-order chi connectivity index (χ1) is 9.99. The number of hydrogen-bond donors (Lipinski definition) is 2. The highest BCUT2D eigenvalue weighted by Gasteiger charge is 2.10. The molecule has 0 atom stereocenters. The van der Waals surface area contributed by atoms with Gasteiger partial charge in [-0.15, -0.1) is 0 Å². The fourth-order valence-electron chi connectivity index (χ4n) is 2.03. The average molecular weight is 287 g/mol. The number of aromatic nitrogens is 1. The summed E-state index contributed by atoms with van der Waals surface area (Å²) >= 11 is 0. The van der Waals surface area contributed by atoms with E-state index in [0.717, 1.165) is 12.2 Å². The third kappa shape index (κ3) is 3.78. The van der Waals surface area contributed by atoms with Gasteiger partial charge in [0.25, 0.3) is 5.91 Å². The van der Waals surface area contributed by atoms with E-state index in [0.29, 0.717) is 22.6 Å².